The van der Waals surface area contributed by atoms with Gasteiger partial charge >= 0.3 is 0 Å². The molecule has 3 heteroatoms. The average Bonchev–Trinajstić information content (AvgIpc) is 2.48. The Morgan fingerprint density at radius 2 is 1.79 bits per heavy atom. The summed E-state index contributed by atoms with van der Waals surface area (Å²) >= 11 is 0. The van der Waals surface area contributed by atoms with Gasteiger partial charge in [-0.15, -0.1) is 0 Å². The van der Waals surface area contributed by atoms with Gasteiger partial charge in [0.15, 0.2) is 0 Å². The van der Waals surface area contributed by atoms with E-state index in [0.29, 0.717) is 0 Å². The zero-order valence-corrected chi connectivity index (χ0v) is 11.0. The molecular formula is C16H19NO2. The van der Waals surface area contributed by atoms with Crippen molar-refractivity contribution in [2.75, 3.05) is 0 Å². The molecule has 3 N–H and O–H groups in total. The van der Waals surface area contributed by atoms with E-state index in [4.69, 9.17) is 15.6 Å². The van der Waals surface area contributed by atoms with Gasteiger partial charge in [-0.05, 0) is 30.2 Å². The second kappa shape index (κ2) is 6.36. The minimum atomic E-state index is -0.0204. The lowest BCUT2D eigenvalue weighted by atomic mass is 10.0. The first-order valence-electron chi connectivity index (χ1n) is 6.46. The Kier molecular flexibility index (Phi) is 4.55. The van der Waals surface area contributed by atoms with Crippen LogP contribution in [-0.2, 0) is 6.61 Å². The number of ether oxygens (including phenoxy) is 1. The van der Waals surface area contributed by atoms with E-state index in [1.807, 2.05) is 48.5 Å². The third-order valence-electron chi connectivity index (χ3n) is 3.09. The molecule has 2 aromatic carbocycles. The van der Waals surface area contributed by atoms with Crippen molar-refractivity contribution in [3.05, 3.63) is 59.7 Å². The van der Waals surface area contributed by atoms with E-state index in [9.17, 15) is 0 Å². The summed E-state index contributed by atoms with van der Waals surface area (Å²) in [6, 6.07) is 15.2. The standard InChI is InChI=1S/C16H19NO2/c1-2-15(17)14-5-3-4-6-16(14)19-13-9-7-12(11-18)8-10-13/h3-10,15,18H,2,11,17H2,1H3. The molecule has 0 aliphatic rings. The average molecular weight is 257 g/mol. The van der Waals surface area contributed by atoms with Crippen LogP contribution in [0, 0.1) is 0 Å². The molecule has 0 amide bonds. The van der Waals surface area contributed by atoms with Crippen molar-refractivity contribution in [3.8, 4) is 11.5 Å². The quantitative estimate of drug-likeness (QED) is 0.863. The number of benzene rings is 2. The molecule has 0 aromatic heterocycles. The molecule has 0 fully saturated rings. The molecule has 0 heterocycles. The van der Waals surface area contributed by atoms with Gasteiger partial charge in [0.1, 0.15) is 11.5 Å². The van der Waals surface area contributed by atoms with Gasteiger partial charge in [-0.3, -0.25) is 0 Å². The molecule has 0 aliphatic heterocycles. The summed E-state index contributed by atoms with van der Waals surface area (Å²) in [7, 11) is 0. The minimum absolute atomic E-state index is 0.0204. The zero-order chi connectivity index (χ0) is 13.7. The molecule has 19 heavy (non-hydrogen) atoms. The van der Waals surface area contributed by atoms with Gasteiger partial charge in [0.25, 0.3) is 0 Å². The molecule has 0 bridgehead atoms. The fraction of sp³-hybridized carbons (Fsp3) is 0.250. The molecule has 0 spiro atoms. The van der Waals surface area contributed by atoms with Crippen LogP contribution < -0.4 is 10.5 Å². The highest BCUT2D eigenvalue weighted by Gasteiger charge is 2.10. The van der Waals surface area contributed by atoms with Crippen LogP contribution in [-0.4, -0.2) is 5.11 Å². The van der Waals surface area contributed by atoms with Crippen LogP contribution in [0.25, 0.3) is 0 Å². The Balaban J connectivity index is 2.22. The van der Waals surface area contributed by atoms with Crippen molar-refractivity contribution in [1.82, 2.24) is 0 Å². The SMILES string of the molecule is CCC(N)c1ccccc1Oc1ccc(CO)cc1. The molecule has 2 aromatic rings. The predicted octanol–water partition coefficient (Wildman–Crippen LogP) is 3.38. The number of rotatable bonds is 5. The van der Waals surface area contributed by atoms with Gasteiger partial charge in [-0.2, -0.15) is 0 Å². The summed E-state index contributed by atoms with van der Waals surface area (Å²) in [5, 5.41) is 9.01. The van der Waals surface area contributed by atoms with Gasteiger partial charge in [0.2, 0.25) is 0 Å². The fourth-order valence-corrected chi connectivity index (χ4v) is 1.89. The van der Waals surface area contributed by atoms with E-state index < -0.39 is 0 Å². The summed E-state index contributed by atoms with van der Waals surface area (Å²) < 4.78 is 5.87. The lowest BCUT2D eigenvalue weighted by Crippen LogP contribution is -2.09. The lowest BCUT2D eigenvalue weighted by Gasteiger charge is -2.15. The van der Waals surface area contributed by atoms with Gasteiger partial charge in [-0.25, -0.2) is 0 Å². The van der Waals surface area contributed by atoms with Crippen molar-refractivity contribution in [2.24, 2.45) is 5.73 Å². The number of para-hydroxylation sites is 1. The largest absolute Gasteiger partial charge is 0.457 e. The molecule has 0 radical (unpaired) electrons. The molecule has 3 nitrogen and oxygen atoms in total. The number of nitrogens with two attached hydrogens (primary N) is 1. The van der Waals surface area contributed by atoms with Crippen LogP contribution >= 0.6 is 0 Å². The van der Waals surface area contributed by atoms with Crippen molar-refractivity contribution in [1.29, 1.82) is 0 Å². The second-order valence-corrected chi connectivity index (χ2v) is 4.46. The molecule has 0 saturated carbocycles. The predicted molar refractivity (Wildman–Crippen MR) is 76.1 cm³/mol. The lowest BCUT2D eigenvalue weighted by molar-refractivity contribution is 0.281. The third-order valence-corrected chi connectivity index (χ3v) is 3.09. The van der Waals surface area contributed by atoms with Gasteiger partial charge in [0.05, 0.1) is 6.61 Å². The van der Waals surface area contributed by atoms with Crippen LogP contribution in [0.3, 0.4) is 0 Å². The molecule has 0 saturated heterocycles. The van der Waals surface area contributed by atoms with Crippen LogP contribution in [0.15, 0.2) is 48.5 Å². The number of hydrogen-bond donors (Lipinski definition) is 2. The van der Waals surface area contributed by atoms with Gasteiger partial charge in [0, 0.05) is 11.6 Å². The third kappa shape index (κ3) is 3.34. The van der Waals surface area contributed by atoms with Crippen molar-refractivity contribution in [2.45, 2.75) is 26.0 Å². The summed E-state index contributed by atoms with van der Waals surface area (Å²) in [4.78, 5) is 0. The Morgan fingerprint density at radius 1 is 1.11 bits per heavy atom. The number of hydrogen-bond acceptors (Lipinski definition) is 3. The molecule has 0 aliphatic carbocycles. The van der Waals surface area contributed by atoms with Crippen molar-refractivity contribution < 1.29 is 9.84 Å². The molecule has 1 atom stereocenters. The molecule has 100 valence electrons. The van der Waals surface area contributed by atoms with E-state index in [0.717, 1.165) is 29.0 Å². The highest BCUT2D eigenvalue weighted by molar-refractivity contribution is 5.40. The highest BCUT2D eigenvalue weighted by Crippen LogP contribution is 2.29. The van der Waals surface area contributed by atoms with Crippen LogP contribution in [0.2, 0.25) is 0 Å². The topological polar surface area (TPSA) is 55.5 Å². The maximum atomic E-state index is 9.01. The van der Waals surface area contributed by atoms with Crippen molar-refractivity contribution >= 4 is 0 Å². The summed E-state index contributed by atoms with van der Waals surface area (Å²) in [5.74, 6) is 1.53. The van der Waals surface area contributed by atoms with Crippen LogP contribution in [0.4, 0.5) is 0 Å². The van der Waals surface area contributed by atoms with E-state index >= 15 is 0 Å². The summed E-state index contributed by atoms with van der Waals surface area (Å²) in [5.41, 5.74) is 7.96. The van der Waals surface area contributed by atoms with Gasteiger partial charge in [-0.1, -0.05) is 37.3 Å². The molecule has 2 rings (SSSR count). The zero-order valence-electron chi connectivity index (χ0n) is 11.0. The Morgan fingerprint density at radius 3 is 2.42 bits per heavy atom. The van der Waals surface area contributed by atoms with E-state index in [-0.39, 0.29) is 12.6 Å². The van der Waals surface area contributed by atoms with Gasteiger partial charge < -0.3 is 15.6 Å². The number of aliphatic hydroxyl groups excluding tert-OH is 1. The van der Waals surface area contributed by atoms with E-state index in [1.165, 1.54) is 0 Å². The Bertz CT molecular complexity index is 523. The van der Waals surface area contributed by atoms with Crippen LogP contribution in [0.1, 0.15) is 30.5 Å². The fourth-order valence-electron chi connectivity index (χ4n) is 1.89. The van der Waals surface area contributed by atoms with E-state index in [1.54, 1.807) is 0 Å². The maximum Gasteiger partial charge on any atom is 0.132 e. The second-order valence-electron chi connectivity index (χ2n) is 4.46. The molecular weight excluding hydrogens is 238 g/mol. The Hall–Kier alpha value is -1.84. The Labute approximate surface area is 113 Å². The highest BCUT2D eigenvalue weighted by atomic mass is 16.5. The normalized spacial score (nSPS) is 12.2. The summed E-state index contributed by atoms with van der Waals surface area (Å²) in [6.45, 7) is 2.09. The first-order valence-corrected chi connectivity index (χ1v) is 6.46. The first-order chi connectivity index (χ1) is 9.24. The minimum Gasteiger partial charge on any atom is -0.457 e. The first kappa shape index (κ1) is 13.6. The smallest absolute Gasteiger partial charge is 0.132 e. The maximum absolute atomic E-state index is 9.01. The number of aliphatic hydroxyl groups is 1. The van der Waals surface area contributed by atoms with Crippen LogP contribution in [0.5, 0.6) is 11.5 Å². The van der Waals surface area contributed by atoms with E-state index in [2.05, 4.69) is 6.92 Å². The monoisotopic (exact) mass is 257 g/mol. The summed E-state index contributed by atoms with van der Waals surface area (Å²) in [6.07, 6.45) is 0.865. The van der Waals surface area contributed by atoms with Crippen molar-refractivity contribution in [3.63, 3.8) is 0 Å². The molecule has 1 unspecified atom stereocenters.